The van der Waals surface area contributed by atoms with E-state index in [-0.39, 0.29) is 18.6 Å². The zero-order valence-electron chi connectivity index (χ0n) is 10.6. The molecule has 102 valence electrons. The van der Waals surface area contributed by atoms with Gasteiger partial charge in [0, 0.05) is 3.57 Å². The quantitative estimate of drug-likeness (QED) is 0.788. The third kappa shape index (κ3) is 2.51. The predicted octanol–water partition coefficient (Wildman–Crippen LogP) is 2.67. The van der Waals surface area contributed by atoms with Crippen molar-refractivity contribution in [2.75, 3.05) is 11.9 Å². The van der Waals surface area contributed by atoms with Gasteiger partial charge in [-0.1, -0.05) is 24.3 Å². The van der Waals surface area contributed by atoms with Gasteiger partial charge in [0.25, 0.3) is 5.91 Å². The molecule has 2 aromatic carbocycles. The number of nitrogens with one attached hydrogen (secondary N) is 1. The number of fused-ring (bicyclic) bond motifs is 1. The van der Waals surface area contributed by atoms with Gasteiger partial charge in [-0.3, -0.25) is 4.79 Å². The maximum atomic E-state index is 11.4. The summed E-state index contributed by atoms with van der Waals surface area (Å²) < 4.78 is 6.47. The monoisotopic (exact) mass is 380 g/mol. The molecule has 1 unspecified atom stereocenters. The Kier molecular flexibility index (Phi) is 3.62. The summed E-state index contributed by atoms with van der Waals surface area (Å²) in [6.45, 7) is 0.0645. The Bertz CT molecular complexity index is 673. The van der Waals surface area contributed by atoms with Crippen molar-refractivity contribution >= 4 is 34.2 Å². The summed E-state index contributed by atoms with van der Waals surface area (Å²) in [5.74, 6) is 0.542. The van der Waals surface area contributed by atoms with Crippen molar-refractivity contribution in [2.24, 2.45) is 5.73 Å². The van der Waals surface area contributed by atoms with E-state index in [9.17, 15) is 4.79 Å². The van der Waals surface area contributed by atoms with Crippen LogP contribution in [0.2, 0.25) is 0 Å². The fourth-order valence-corrected chi connectivity index (χ4v) is 2.92. The molecule has 1 atom stereocenters. The number of halogens is 1. The van der Waals surface area contributed by atoms with E-state index >= 15 is 0 Å². The molecule has 3 N–H and O–H groups in total. The Labute approximate surface area is 130 Å². The molecule has 1 heterocycles. The molecule has 0 aromatic heterocycles. The highest BCUT2D eigenvalue weighted by Gasteiger charge is 2.18. The number of amides is 1. The zero-order valence-corrected chi connectivity index (χ0v) is 12.8. The summed E-state index contributed by atoms with van der Waals surface area (Å²) in [5.41, 5.74) is 9.02. The number of rotatable bonds is 2. The van der Waals surface area contributed by atoms with Gasteiger partial charge in [0.15, 0.2) is 6.61 Å². The molecule has 3 rings (SSSR count). The first kappa shape index (κ1) is 13.4. The lowest BCUT2D eigenvalue weighted by Crippen LogP contribution is -2.25. The average Bonchev–Trinajstić information content (AvgIpc) is 2.46. The van der Waals surface area contributed by atoms with Crippen molar-refractivity contribution in [3.63, 3.8) is 0 Å². The molecule has 2 aromatic rings. The SMILES string of the molecule is NC(c1ccc2c(c1)NC(=O)CO2)c1ccccc1I. The molecular weight excluding hydrogens is 367 g/mol. The molecule has 1 aliphatic rings. The van der Waals surface area contributed by atoms with Crippen LogP contribution < -0.4 is 15.8 Å². The molecule has 0 saturated carbocycles. The van der Waals surface area contributed by atoms with Gasteiger partial charge >= 0.3 is 0 Å². The van der Waals surface area contributed by atoms with Crippen LogP contribution in [-0.2, 0) is 4.79 Å². The molecule has 1 amide bonds. The number of carbonyl (C=O) groups is 1. The number of anilines is 1. The molecule has 20 heavy (non-hydrogen) atoms. The number of hydrogen-bond donors (Lipinski definition) is 2. The van der Waals surface area contributed by atoms with Crippen LogP contribution >= 0.6 is 22.6 Å². The van der Waals surface area contributed by atoms with Crippen LogP contribution in [-0.4, -0.2) is 12.5 Å². The molecule has 0 aliphatic carbocycles. The number of benzene rings is 2. The first-order valence-corrected chi connectivity index (χ1v) is 7.29. The zero-order chi connectivity index (χ0) is 14.1. The van der Waals surface area contributed by atoms with E-state index in [0.717, 1.165) is 14.7 Å². The Morgan fingerprint density at radius 1 is 1.25 bits per heavy atom. The molecule has 0 bridgehead atoms. The Hall–Kier alpha value is -1.60. The number of hydrogen-bond acceptors (Lipinski definition) is 3. The standard InChI is InChI=1S/C15H13IN2O2/c16-11-4-2-1-3-10(11)15(17)9-5-6-13-12(7-9)18-14(19)8-20-13/h1-7,15H,8,17H2,(H,18,19). The first-order valence-electron chi connectivity index (χ1n) is 6.22. The highest BCUT2D eigenvalue weighted by atomic mass is 127. The van der Waals surface area contributed by atoms with Crippen LogP contribution in [0.3, 0.4) is 0 Å². The Balaban J connectivity index is 1.97. The molecule has 0 fully saturated rings. The predicted molar refractivity (Wildman–Crippen MR) is 85.8 cm³/mol. The van der Waals surface area contributed by atoms with Crippen molar-refractivity contribution in [2.45, 2.75) is 6.04 Å². The van der Waals surface area contributed by atoms with E-state index in [1.165, 1.54) is 0 Å². The molecule has 5 heteroatoms. The lowest BCUT2D eigenvalue weighted by molar-refractivity contribution is -0.118. The first-order chi connectivity index (χ1) is 9.65. The van der Waals surface area contributed by atoms with Crippen LogP contribution in [0, 0.1) is 3.57 Å². The van der Waals surface area contributed by atoms with Crippen molar-refractivity contribution in [3.05, 3.63) is 57.2 Å². The van der Waals surface area contributed by atoms with Crippen molar-refractivity contribution in [3.8, 4) is 5.75 Å². The van der Waals surface area contributed by atoms with E-state index in [4.69, 9.17) is 10.5 Å². The van der Waals surface area contributed by atoms with Gasteiger partial charge in [-0.25, -0.2) is 0 Å². The second-order valence-corrected chi connectivity index (χ2v) is 5.75. The fraction of sp³-hybridized carbons (Fsp3) is 0.133. The van der Waals surface area contributed by atoms with Gasteiger partial charge in [-0.2, -0.15) is 0 Å². The second kappa shape index (κ2) is 5.41. The summed E-state index contributed by atoms with van der Waals surface area (Å²) >= 11 is 2.27. The maximum absolute atomic E-state index is 11.4. The van der Waals surface area contributed by atoms with Crippen molar-refractivity contribution in [1.82, 2.24) is 0 Å². The van der Waals surface area contributed by atoms with Crippen LogP contribution in [0.25, 0.3) is 0 Å². The fourth-order valence-electron chi connectivity index (χ4n) is 2.20. The van der Waals surface area contributed by atoms with Crippen LogP contribution in [0.5, 0.6) is 5.75 Å². The summed E-state index contributed by atoms with van der Waals surface area (Å²) in [5, 5.41) is 2.80. The number of carbonyl (C=O) groups excluding carboxylic acids is 1. The minimum absolute atomic E-state index is 0.0645. The highest BCUT2D eigenvalue weighted by Crippen LogP contribution is 2.32. The molecule has 4 nitrogen and oxygen atoms in total. The lowest BCUT2D eigenvalue weighted by Gasteiger charge is -2.21. The third-order valence-corrected chi connectivity index (χ3v) is 4.22. The Morgan fingerprint density at radius 3 is 2.85 bits per heavy atom. The van der Waals surface area contributed by atoms with Crippen LogP contribution in [0.4, 0.5) is 5.69 Å². The topological polar surface area (TPSA) is 64.3 Å². The summed E-state index contributed by atoms with van der Waals surface area (Å²) in [7, 11) is 0. The van der Waals surface area contributed by atoms with E-state index in [0.29, 0.717) is 11.4 Å². The molecule has 0 radical (unpaired) electrons. The average molecular weight is 380 g/mol. The molecule has 1 aliphatic heterocycles. The van der Waals surface area contributed by atoms with E-state index in [1.807, 2.05) is 42.5 Å². The van der Waals surface area contributed by atoms with Gasteiger partial charge < -0.3 is 15.8 Å². The minimum atomic E-state index is -0.229. The largest absolute Gasteiger partial charge is 0.482 e. The molecule has 0 saturated heterocycles. The normalized spacial score (nSPS) is 15.0. The number of nitrogens with two attached hydrogens (primary N) is 1. The van der Waals surface area contributed by atoms with E-state index in [2.05, 4.69) is 27.9 Å². The maximum Gasteiger partial charge on any atom is 0.262 e. The van der Waals surface area contributed by atoms with E-state index in [1.54, 1.807) is 0 Å². The van der Waals surface area contributed by atoms with Gasteiger partial charge in [0.05, 0.1) is 11.7 Å². The number of ether oxygens (including phenoxy) is 1. The van der Waals surface area contributed by atoms with Gasteiger partial charge in [-0.05, 0) is 51.9 Å². The molecular formula is C15H13IN2O2. The van der Waals surface area contributed by atoms with Gasteiger partial charge in [-0.15, -0.1) is 0 Å². The van der Waals surface area contributed by atoms with Gasteiger partial charge in [0.2, 0.25) is 0 Å². The van der Waals surface area contributed by atoms with Gasteiger partial charge in [0.1, 0.15) is 5.75 Å². The van der Waals surface area contributed by atoms with Crippen LogP contribution in [0.1, 0.15) is 17.2 Å². The summed E-state index contributed by atoms with van der Waals surface area (Å²) in [6.07, 6.45) is 0. The van der Waals surface area contributed by atoms with Crippen LogP contribution in [0.15, 0.2) is 42.5 Å². The van der Waals surface area contributed by atoms with Crippen molar-refractivity contribution < 1.29 is 9.53 Å². The summed E-state index contributed by atoms with van der Waals surface area (Å²) in [6, 6.07) is 13.4. The second-order valence-electron chi connectivity index (χ2n) is 4.59. The Morgan fingerprint density at radius 2 is 2.05 bits per heavy atom. The highest BCUT2D eigenvalue weighted by molar-refractivity contribution is 14.1. The smallest absolute Gasteiger partial charge is 0.262 e. The third-order valence-electron chi connectivity index (χ3n) is 3.24. The minimum Gasteiger partial charge on any atom is -0.482 e. The molecule has 0 spiro atoms. The lowest BCUT2D eigenvalue weighted by atomic mass is 9.99. The summed E-state index contributed by atoms with van der Waals surface area (Å²) in [4.78, 5) is 11.4. The van der Waals surface area contributed by atoms with Crippen molar-refractivity contribution in [1.29, 1.82) is 0 Å². The van der Waals surface area contributed by atoms with E-state index < -0.39 is 0 Å².